The van der Waals surface area contributed by atoms with Gasteiger partial charge in [0.2, 0.25) is 0 Å². The second-order valence-corrected chi connectivity index (χ2v) is 10.9. The summed E-state index contributed by atoms with van der Waals surface area (Å²) in [5.74, 6) is 0. The average Bonchev–Trinajstić information content (AvgIpc) is 2.78. The number of benzene rings is 1. The number of unbranched alkanes of at least 4 members (excludes halogenated alkanes) is 18. The Morgan fingerprint density at radius 2 is 0.909 bits per heavy atom. The van der Waals surface area contributed by atoms with Gasteiger partial charge in [-0.2, -0.15) is 0 Å². The van der Waals surface area contributed by atoms with E-state index in [9.17, 15) is 13.0 Å². The molecule has 0 heterocycles. The molecule has 33 heavy (non-hydrogen) atoms. The van der Waals surface area contributed by atoms with Crippen molar-refractivity contribution in [3.63, 3.8) is 0 Å². The Kier molecular flexibility index (Phi) is 22.2. The van der Waals surface area contributed by atoms with Crippen molar-refractivity contribution in [3.8, 4) is 0 Å². The van der Waals surface area contributed by atoms with Crippen molar-refractivity contribution in [2.45, 2.75) is 141 Å². The topological polar surface area (TPSA) is 84.8 Å². The lowest BCUT2D eigenvalue weighted by atomic mass is 10.0. The highest BCUT2D eigenvalue weighted by molar-refractivity contribution is 7.85. The molecule has 1 aromatic rings. The zero-order valence-electron chi connectivity index (χ0n) is 21.8. The summed E-state index contributed by atoms with van der Waals surface area (Å²) >= 11 is 0. The number of aryl methyl sites for hydroxylation is 1. The van der Waals surface area contributed by atoms with E-state index in [2.05, 4.69) is 12.7 Å². The predicted octanol–water partition coefficient (Wildman–Crippen LogP) is 7.56. The van der Waals surface area contributed by atoms with E-state index < -0.39 is 10.1 Å². The first-order chi connectivity index (χ1) is 15.9. The zero-order valence-corrected chi connectivity index (χ0v) is 22.6. The SMILES string of the molecule is CCCCCCCCCCCCCCCCCCCCC[NH3+].Cc1ccc(S(=O)(=O)[O-])cc1. The van der Waals surface area contributed by atoms with Crippen LogP contribution < -0.4 is 5.73 Å². The summed E-state index contributed by atoms with van der Waals surface area (Å²) in [6.45, 7) is 5.24. The lowest BCUT2D eigenvalue weighted by Crippen LogP contribution is -2.50. The van der Waals surface area contributed by atoms with Crippen LogP contribution in [0.1, 0.15) is 134 Å². The molecule has 0 aliphatic rings. The van der Waals surface area contributed by atoms with Gasteiger partial charge in [0.1, 0.15) is 10.1 Å². The summed E-state index contributed by atoms with van der Waals surface area (Å²) in [6, 6.07) is 5.78. The second kappa shape index (κ2) is 22.9. The van der Waals surface area contributed by atoms with Gasteiger partial charge in [-0.25, -0.2) is 8.42 Å². The first-order valence-electron chi connectivity index (χ1n) is 13.7. The summed E-state index contributed by atoms with van der Waals surface area (Å²) in [6.07, 6.45) is 27.7. The molecule has 194 valence electrons. The Balaban J connectivity index is 0.000000771. The predicted molar refractivity (Wildman–Crippen MR) is 140 cm³/mol. The van der Waals surface area contributed by atoms with Crippen LogP contribution in [0.25, 0.3) is 0 Å². The standard InChI is InChI=1S/C21H45N.C7H8O3S/c1-2-3-4-5-6-7-8-9-10-11-12-13-14-15-16-17-18-19-20-21-22;1-6-2-4-7(5-3-6)11(8,9)10/h2-22H2,1H3;2-5H,1H3,(H,8,9,10). The maximum atomic E-state index is 10.4. The van der Waals surface area contributed by atoms with Crippen LogP contribution in [-0.2, 0) is 10.1 Å². The third-order valence-corrected chi connectivity index (χ3v) is 7.01. The highest BCUT2D eigenvalue weighted by atomic mass is 32.2. The molecule has 0 aliphatic heterocycles. The van der Waals surface area contributed by atoms with E-state index in [1.165, 1.54) is 134 Å². The number of hydrogen-bond donors (Lipinski definition) is 1. The molecule has 0 spiro atoms. The molecule has 0 fully saturated rings. The molecular formula is C28H53NO3S. The molecule has 0 atom stereocenters. The van der Waals surface area contributed by atoms with E-state index in [-0.39, 0.29) is 4.90 Å². The maximum Gasteiger partial charge on any atom is 0.124 e. The van der Waals surface area contributed by atoms with Crippen LogP contribution in [-0.4, -0.2) is 19.5 Å². The smallest absolute Gasteiger partial charge is 0.124 e. The van der Waals surface area contributed by atoms with Crippen LogP contribution >= 0.6 is 0 Å². The number of quaternary nitrogens is 1. The third kappa shape index (κ3) is 22.6. The minimum atomic E-state index is -4.27. The second-order valence-electron chi connectivity index (χ2n) is 9.48. The summed E-state index contributed by atoms with van der Waals surface area (Å²) in [7, 11) is -4.27. The quantitative estimate of drug-likeness (QED) is 0.153. The summed E-state index contributed by atoms with van der Waals surface area (Å²) < 4.78 is 31.2. The van der Waals surface area contributed by atoms with Crippen LogP contribution in [0.5, 0.6) is 0 Å². The van der Waals surface area contributed by atoms with Gasteiger partial charge in [-0.15, -0.1) is 0 Å². The van der Waals surface area contributed by atoms with Gasteiger partial charge in [-0.05, 0) is 31.9 Å². The van der Waals surface area contributed by atoms with E-state index >= 15 is 0 Å². The lowest BCUT2D eigenvalue weighted by molar-refractivity contribution is -0.368. The van der Waals surface area contributed by atoms with Gasteiger partial charge in [0.15, 0.2) is 0 Å². The molecule has 0 aliphatic carbocycles. The molecule has 1 rings (SSSR count). The molecule has 1 aromatic carbocycles. The third-order valence-electron chi connectivity index (χ3n) is 6.16. The normalized spacial score (nSPS) is 11.3. The van der Waals surface area contributed by atoms with Crippen molar-refractivity contribution in [3.05, 3.63) is 29.8 Å². The summed E-state index contributed by atoms with van der Waals surface area (Å²) in [5.41, 5.74) is 4.83. The van der Waals surface area contributed by atoms with Crippen molar-refractivity contribution in [1.29, 1.82) is 0 Å². The molecule has 0 amide bonds. The zero-order chi connectivity index (χ0) is 24.6. The Hall–Kier alpha value is -0.910. The molecule has 4 nitrogen and oxygen atoms in total. The Labute approximate surface area is 205 Å². The first kappa shape index (κ1) is 32.1. The fourth-order valence-corrected chi connectivity index (χ4v) is 4.43. The van der Waals surface area contributed by atoms with Crippen molar-refractivity contribution in [1.82, 2.24) is 0 Å². The molecule has 0 saturated heterocycles. The molecule has 5 heteroatoms. The highest BCUT2D eigenvalue weighted by Crippen LogP contribution is 2.14. The van der Waals surface area contributed by atoms with Crippen LogP contribution in [0.3, 0.4) is 0 Å². The largest absolute Gasteiger partial charge is 0.744 e. The van der Waals surface area contributed by atoms with Crippen LogP contribution in [0.4, 0.5) is 0 Å². The fraction of sp³-hybridized carbons (Fsp3) is 0.786. The molecule has 0 bridgehead atoms. The summed E-state index contributed by atoms with van der Waals surface area (Å²) in [5, 5.41) is 0. The van der Waals surface area contributed by atoms with E-state index in [4.69, 9.17) is 0 Å². The van der Waals surface area contributed by atoms with E-state index in [0.29, 0.717) is 0 Å². The van der Waals surface area contributed by atoms with Gasteiger partial charge in [0.25, 0.3) is 0 Å². The summed E-state index contributed by atoms with van der Waals surface area (Å²) in [4.78, 5) is -0.178. The average molecular weight is 484 g/mol. The first-order valence-corrected chi connectivity index (χ1v) is 15.1. The van der Waals surface area contributed by atoms with Gasteiger partial charge < -0.3 is 10.3 Å². The Morgan fingerprint density at radius 3 is 1.18 bits per heavy atom. The number of hydrogen-bond acceptors (Lipinski definition) is 3. The van der Waals surface area contributed by atoms with Crippen molar-refractivity contribution in [2.24, 2.45) is 0 Å². The number of rotatable bonds is 20. The van der Waals surface area contributed by atoms with Crippen molar-refractivity contribution < 1.29 is 18.7 Å². The molecule has 0 unspecified atom stereocenters. The lowest BCUT2D eigenvalue weighted by Gasteiger charge is -2.05. The molecule has 3 N–H and O–H groups in total. The van der Waals surface area contributed by atoms with Gasteiger partial charge in [-0.1, -0.05) is 134 Å². The van der Waals surface area contributed by atoms with Crippen molar-refractivity contribution in [2.75, 3.05) is 6.54 Å². The van der Waals surface area contributed by atoms with E-state index in [0.717, 1.165) is 12.1 Å². The van der Waals surface area contributed by atoms with Crippen molar-refractivity contribution >= 4 is 10.1 Å². The molecule has 0 radical (unpaired) electrons. The van der Waals surface area contributed by atoms with Crippen LogP contribution in [0.2, 0.25) is 0 Å². The van der Waals surface area contributed by atoms with E-state index in [1.807, 2.05) is 6.92 Å². The highest BCUT2D eigenvalue weighted by Gasteiger charge is 1.98. The Bertz CT molecular complexity index is 609. The fourth-order valence-electron chi connectivity index (χ4n) is 3.96. The molecule has 0 saturated carbocycles. The minimum absolute atomic E-state index is 0.178. The monoisotopic (exact) mass is 483 g/mol. The van der Waals surface area contributed by atoms with Gasteiger partial charge in [-0.3, -0.25) is 0 Å². The Morgan fingerprint density at radius 1 is 0.606 bits per heavy atom. The maximum absolute atomic E-state index is 10.4. The van der Waals surface area contributed by atoms with Gasteiger partial charge in [0.05, 0.1) is 11.4 Å². The van der Waals surface area contributed by atoms with Crippen LogP contribution in [0.15, 0.2) is 29.2 Å². The minimum Gasteiger partial charge on any atom is -0.744 e. The van der Waals surface area contributed by atoms with Crippen LogP contribution in [0, 0.1) is 6.92 Å². The van der Waals surface area contributed by atoms with Gasteiger partial charge in [0, 0.05) is 0 Å². The molecule has 0 aromatic heterocycles. The molecular weight excluding hydrogens is 430 g/mol. The van der Waals surface area contributed by atoms with Gasteiger partial charge >= 0.3 is 0 Å². The van der Waals surface area contributed by atoms with E-state index in [1.54, 1.807) is 12.1 Å².